The van der Waals surface area contributed by atoms with E-state index in [2.05, 4.69) is 10.5 Å². The van der Waals surface area contributed by atoms with E-state index < -0.39 is 0 Å². The van der Waals surface area contributed by atoms with Gasteiger partial charge in [0.05, 0.1) is 5.56 Å². The summed E-state index contributed by atoms with van der Waals surface area (Å²) in [5, 5.41) is 7.81. The molecule has 1 heterocycles. The van der Waals surface area contributed by atoms with E-state index in [0.29, 0.717) is 33.7 Å². The molecule has 0 bridgehead atoms. The van der Waals surface area contributed by atoms with Gasteiger partial charge in [-0.05, 0) is 36.8 Å². The number of nitrogens with one attached hydrogen (secondary N) is 1. The third-order valence-electron chi connectivity index (χ3n) is 3.78. The summed E-state index contributed by atoms with van der Waals surface area (Å²) in [5.74, 6) is 0.766. The molecule has 1 aromatic heterocycles. The van der Waals surface area contributed by atoms with Crippen LogP contribution < -0.4 is 10.1 Å². The fraction of sp³-hybridized carbons (Fsp3) is 0.158. The van der Waals surface area contributed by atoms with Gasteiger partial charge in [-0.1, -0.05) is 52.6 Å². The lowest BCUT2D eigenvalue weighted by Crippen LogP contribution is -2.24. The molecule has 1 N–H and O–H groups in total. The molecule has 0 aliphatic carbocycles. The molecule has 5 nitrogen and oxygen atoms in total. The Bertz CT molecular complexity index is 925. The maximum Gasteiger partial charge on any atom is 0.274 e. The summed E-state index contributed by atoms with van der Waals surface area (Å²) in [6, 6.07) is 14.3. The second-order valence-electron chi connectivity index (χ2n) is 5.59. The van der Waals surface area contributed by atoms with E-state index in [1.807, 2.05) is 18.2 Å². The molecule has 0 atom stereocenters. The molecular weight excluding hydrogens is 375 g/mol. The summed E-state index contributed by atoms with van der Waals surface area (Å²) in [6.07, 6.45) is 0. The molecule has 2 aromatic carbocycles. The van der Waals surface area contributed by atoms with Crippen LogP contribution in [0.5, 0.6) is 5.75 Å². The number of aromatic nitrogens is 1. The number of amides is 1. The molecule has 134 valence electrons. The van der Waals surface area contributed by atoms with E-state index in [4.69, 9.17) is 32.5 Å². The third kappa shape index (κ3) is 4.36. The van der Waals surface area contributed by atoms with Crippen LogP contribution in [0.25, 0.3) is 0 Å². The van der Waals surface area contributed by atoms with Gasteiger partial charge in [-0.2, -0.15) is 0 Å². The van der Waals surface area contributed by atoms with Crippen molar-refractivity contribution in [3.05, 3.63) is 81.2 Å². The van der Waals surface area contributed by atoms with E-state index in [0.717, 1.165) is 5.56 Å². The third-order valence-corrected chi connectivity index (χ3v) is 4.38. The first kappa shape index (κ1) is 18.3. The first-order valence-corrected chi connectivity index (χ1v) is 8.65. The van der Waals surface area contributed by atoms with Gasteiger partial charge < -0.3 is 14.6 Å². The van der Waals surface area contributed by atoms with Crippen LogP contribution in [0.15, 0.2) is 53.1 Å². The average molecular weight is 391 g/mol. The molecule has 0 saturated carbocycles. The van der Waals surface area contributed by atoms with Crippen molar-refractivity contribution < 1.29 is 14.1 Å². The zero-order valence-electron chi connectivity index (χ0n) is 14.0. The van der Waals surface area contributed by atoms with Crippen molar-refractivity contribution in [2.75, 3.05) is 0 Å². The van der Waals surface area contributed by atoms with E-state index in [1.54, 1.807) is 37.3 Å². The van der Waals surface area contributed by atoms with Gasteiger partial charge >= 0.3 is 0 Å². The van der Waals surface area contributed by atoms with Gasteiger partial charge in [-0.3, -0.25) is 4.79 Å². The summed E-state index contributed by atoms with van der Waals surface area (Å²) < 4.78 is 10.9. The molecule has 0 spiro atoms. The number of rotatable bonds is 6. The van der Waals surface area contributed by atoms with Gasteiger partial charge in [0.25, 0.3) is 5.91 Å². The van der Waals surface area contributed by atoms with Crippen LogP contribution in [-0.4, -0.2) is 11.1 Å². The monoisotopic (exact) mass is 390 g/mol. The second-order valence-corrected chi connectivity index (χ2v) is 6.43. The molecule has 26 heavy (non-hydrogen) atoms. The van der Waals surface area contributed by atoms with Crippen molar-refractivity contribution in [2.24, 2.45) is 0 Å². The van der Waals surface area contributed by atoms with Crippen LogP contribution in [-0.2, 0) is 13.2 Å². The zero-order chi connectivity index (χ0) is 18.5. The number of hydrogen-bond donors (Lipinski definition) is 1. The van der Waals surface area contributed by atoms with E-state index in [9.17, 15) is 4.79 Å². The smallest absolute Gasteiger partial charge is 0.274 e. The Balaban J connectivity index is 1.68. The summed E-state index contributed by atoms with van der Waals surface area (Å²) in [5.41, 5.74) is 1.60. The molecule has 0 radical (unpaired) electrons. The Labute approximate surface area is 160 Å². The maximum atomic E-state index is 12.5. The Hall–Kier alpha value is -2.50. The van der Waals surface area contributed by atoms with E-state index in [-0.39, 0.29) is 18.2 Å². The Morgan fingerprint density at radius 3 is 2.77 bits per heavy atom. The largest absolute Gasteiger partial charge is 0.489 e. The summed E-state index contributed by atoms with van der Waals surface area (Å²) in [7, 11) is 0. The number of halogens is 2. The van der Waals surface area contributed by atoms with Crippen LogP contribution in [0.3, 0.4) is 0 Å². The summed E-state index contributed by atoms with van der Waals surface area (Å²) >= 11 is 12.0. The van der Waals surface area contributed by atoms with Gasteiger partial charge in [0, 0.05) is 16.6 Å². The van der Waals surface area contributed by atoms with Crippen LogP contribution in [0.1, 0.15) is 27.4 Å². The Morgan fingerprint density at radius 2 is 2.00 bits per heavy atom. The quantitative estimate of drug-likeness (QED) is 0.656. The SMILES string of the molecule is Cc1onc(C(=O)NCc2ccccc2Cl)c1COc1cccc(Cl)c1. The summed E-state index contributed by atoms with van der Waals surface area (Å²) in [4.78, 5) is 12.5. The van der Waals surface area contributed by atoms with Crippen molar-refractivity contribution >= 4 is 29.1 Å². The van der Waals surface area contributed by atoms with Crippen molar-refractivity contribution in [3.8, 4) is 5.75 Å². The molecule has 3 aromatic rings. The fourth-order valence-electron chi connectivity index (χ4n) is 2.35. The van der Waals surface area contributed by atoms with Gasteiger partial charge in [-0.25, -0.2) is 0 Å². The van der Waals surface area contributed by atoms with Crippen molar-refractivity contribution in [3.63, 3.8) is 0 Å². The molecular formula is C19H16Cl2N2O3. The van der Waals surface area contributed by atoms with E-state index in [1.165, 1.54) is 0 Å². The van der Waals surface area contributed by atoms with Crippen LogP contribution in [0, 0.1) is 6.92 Å². The Kier molecular flexibility index (Phi) is 5.81. The standard InChI is InChI=1S/C19H16Cl2N2O3/c1-12-16(11-25-15-7-4-6-14(20)9-15)18(23-26-12)19(24)22-10-13-5-2-3-8-17(13)21/h2-9H,10-11H2,1H3,(H,22,24). The van der Waals surface area contributed by atoms with Crippen LogP contribution in [0.4, 0.5) is 0 Å². The average Bonchev–Trinajstić information content (AvgIpc) is 3.00. The topological polar surface area (TPSA) is 64.4 Å². The predicted molar refractivity (Wildman–Crippen MR) is 99.6 cm³/mol. The number of carbonyl (C=O) groups excluding carboxylic acids is 1. The molecule has 3 rings (SSSR count). The van der Waals surface area contributed by atoms with Gasteiger partial charge in [-0.15, -0.1) is 0 Å². The second kappa shape index (κ2) is 8.25. The summed E-state index contributed by atoms with van der Waals surface area (Å²) in [6.45, 7) is 2.16. The molecule has 1 amide bonds. The first-order valence-electron chi connectivity index (χ1n) is 7.89. The molecule has 0 saturated heterocycles. The lowest BCUT2D eigenvalue weighted by atomic mass is 10.2. The molecule has 0 aliphatic rings. The molecule has 0 fully saturated rings. The number of benzene rings is 2. The van der Waals surface area contributed by atoms with Crippen molar-refractivity contribution in [2.45, 2.75) is 20.1 Å². The van der Waals surface area contributed by atoms with Crippen LogP contribution in [0.2, 0.25) is 10.0 Å². The highest BCUT2D eigenvalue weighted by Gasteiger charge is 2.20. The zero-order valence-corrected chi connectivity index (χ0v) is 15.5. The normalized spacial score (nSPS) is 10.6. The number of nitrogens with zero attached hydrogens (tertiary/aromatic N) is 1. The highest BCUT2D eigenvalue weighted by molar-refractivity contribution is 6.31. The van der Waals surface area contributed by atoms with Gasteiger partial charge in [0.2, 0.25) is 0 Å². The lowest BCUT2D eigenvalue weighted by molar-refractivity contribution is 0.0939. The minimum absolute atomic E-state index is 0.143. The predicted octanol–water partition coefficient (Wildman–Crippen LogP) is 4.80. The Morgan fingerprint density at radius 1 is 1.19 bits per heavy atom. The molecule has 0 aliphatic heterocycles. The molecule has 7 heteroatoms. The number of carbonyl (C=O) groups is 1. The first-order chi connectivity index (χ1) is 12.5. The minimum atomic E-state index is -0.355. The number of aryl methyl sites for hydroxylation is 1. The van der Waals surface area contributed by atoms with Crippen molar-refractivity contribution in [1.29, 1.82) is 0 Å². The minimum Gasteiger partial charge on any atom is -0.489 e. The lowest BCUT2D eigenvalue weighted by Gasteiger charge is -2.08. The number of ether oxygens (including phenoxy) is 1. The van der Waals surface area contributed by atoms with Crippen LogP contribution >= 0.6 is 23.2 Å². The fourth-order valence-corrected chi connectivity index (χ4v) is 2.74. The van der Waals surface area contributed by atoms with Crippen molar-refractivity contribution in [1.82, 2.24) is 10.5 Å². The van der Waals surface area contributed by atoms with Gasteiger partial charge in [0.15, 0.2) is 5.69 Å². The maximum absolute atomic E-state index is 12.5. The van der Waals surface area contributed by atoms with Gasteiger partial charge in [0.1, 0.15) is 18.1 Å². The highest BCUT2D eigenvalue weighted by Crippen LogP contribution is 2.21. The molecule has 0 unspecified atom stereocenters. The van der Waals surface area contributed by atoms with E-state index >= 15 is 0 Å². The number of hydrogen-bond acceptors (Lipinski definition) is 4. The highest BCUT2D eigenvalue weighted by atomic mass is 35.5.